The zero-order valence-electron chi connectivity index (χ0n) is 9.63. The molecule has 100 valence electrons. The first-order chi connectivity index (χ1) is 8.30. The van der Waals surface area contributed by atoms with Crippen LogP contribution in [-0.4, -0.2) is 43.0 Å². The second-order valence-corrected chi connectivity index (χ2v) is 6.42. The van der Waals surface area contributed by atoms with Crippen LogP contribution in [0.15, 0.2) is 23.1 Å². The maximum absolute atomic E-state index is 12.1. The molecule has 0 saturated carbocycles. The number of thiocarbonyl (C=S) groups is 1. The van der Waals surface area contributed by atoms with Crippen molar-refractivity contribution in [3.8, 4) is 0 Å². The molecule has 1 aromatic carbocycles. The van der Waals surface area contributed by atoms with Crippen LogP contribution < -0.4 is 5.73 Å². The maximum atomic E-state index is 12.1. The van der Waals surface area contributed by atoms with Gasteiger partial charge in [0.2, 0.25) is 10.0 Å². The number of nitrogens with two attached hydrogens (primary N) is 1. The highest BCUT2D eigenvalue weighted by Crippen LogP contribution is 2.25. The molecule has 0 atom stereocenters. The molecule has 0 aliphatic carbocycles. The van der Waals surface area contributed by atoms with Crippen LogP contribution >= 0.6 is 23.8 Å². The smallest absolute Gasteiger partial charge is 0.244 e. The molecule has 0 aliphatic rings. The van der Waals surface area contributed by atoms with E-state index in [1.54, 1.807) is 0 Å². The van der Waals surface area contributed by atoms with Crippen LogP contribution in [0.1, 0.15) is 5.56 Å². The Morgan fingerprint density at radius 3 is 2.61 bits per heavy atom. The normalized spacial score (nSPS) is 11.8. The number of halogens is 1. The first kappa shape index (κ1) is 15.3. The summed E-state index contributed by atoms with van der Waals surface area (Å²) in [4.78, 5) is 0.102. The lowest BCUT2D eigenvalue weighted by atomic mass is 10.2. The number of hydrogen-bond donors (Lipinski definition) is 2. The van der Waals surface area contributed by atoms with E-state index in [4.69, 9.17) is 34.7 Å². The molecule has 0 bridgehead atoms. The number of aliphatic hydroxyl groups is 1. The van der Waals surface area contributed by atoms with Crippen LogP contribution in [-0.2, 0) is 10.0 Å². The molecule has 3 N–H and O–H groups in total. The molecular weight excluding hydrogens is 296 g/mol. The molecule has 0 unspecified atom stereocenters. The van der Waals surface area contributed by atoms with Crippen molar-refractivity contribution < 1.29 is 13.5 Å². The minimum Gasteiger partial charge on any atom is -0.395 e. The Bertz CT molecular complexity index is 560. The SMILES string of the molecule is CN(CCO)S(=O)(=O)c1ccc(C(N)=S)cc1Cl. The zero-order chi connectivity index (χ0) is 13.9. The van der Waals surface area contributed by atoms with Gasteiger partial charge >= 0.3 is 0 Å². The van der Waals surface area contributed by atoms with Gasteiger partial charge in [-0.25, -0.2) is 8.42 Å². The van der Waals surface area contributed by atoms with Gasteiger partial charge in [0.15, 0.2) is 0 Å². The molecular formula is C10H13ClN2O3S2. The summed E-state index contributed by atoms with van der Waals surface area (Å²) < 4.78 is 25.2. The molecule has 0 amide bonds. The van der Waals surface area contributed by atoms with E-state index in [1.807, 2.05) is 0 Å². The molecule has 0 aliphatic heterocycles. The maximum Gasteiger partial charge on any atom is 0.244 e. The molecule has 8 heteroatoms. The summed E-state index contributed by atoms with van der Waals surface area (Å²) in [5.41, 5.74) is 5.93. The van der Waals surface area contributed by atoms with E-state index < -0.39 is 10.0 Å². The van der Waals surface area contributed by atoms with E-state index in [1.165, 1.54) is 25.2 Å². The highest BCUT2D eigenvalue weighted by molar-refractivity contribution is 7.89. The van der Waals surface area contributed by atoms with Crippen molar-refractivity contribution >= 4 is 38.8 Å². The molecule has 18 heavy (non-hydrogen) atoms. The van der Waals surface area contributed by atoms with Gasteiger partial charge in [-0.2, -0.15) is 4.31 Å². The largest absolute Gasteiger partial charge is 0.395 e. The van der Waals surface area contributed by atoms with Gasteiger partial charge in [0.05, 0.1) is 11.6 Å². The third-order valence-corrected chi connectivity index (χ3v) is 4.89. The van der Waals surface area contributed by atoms with Crippen molar-refractivity contribution in [1.29, 1.82) is 0 Å². The third kappa shape index (κ3) is 3.18. The Labute approximate surface area is 116 Å². The number of nitrogens with zero attached hydrogens (tertiary/aromatic N) is 1. The lowest BCUT2D eigenvalue weighted by Crippen LogP contribution is -2.30. The molecule has 1 rings (SSSR count). The molecule has 0 aromatic heterocycles. The van der Waals surface area contributed by atoms with Crippen molar-refractivity contribution in [3.05, 3.63) is 28.8 Å². The average Bonchev–Trinajstić information content (AvgIpc) is 2.28. The summed E-state index contributed by atoms with van der Waals surface area (Å²) in [5, 5.41) is 8.81. The Morgan fingerprint density at radius 1 is 1.56 bits per heavy atom. The lowest BCUT2D eigenvalue weighted by molar-refractivity contribution is 0.266. The number of benzene rings is 1. The molecule has 0 saturated heterocycles. The van der Waals surface area contributed by atoms with E-state index in [9.17, 15) is 8.42 Å². The Morgan fingerprint density at radius 2 is 2.17 bits per heavy atom. The highest BCUT2D eigenvalue weighted by atomic mass is 35.5. The first-order valence-corrected chi connectivity index (χ1v) is 7.20. The molecule has 0 fully saturated rings. The number of hydrogen-bond acceptors (Lipinski definition) is 4. The van der Waals surface area contributed by atoms with Crippen molar-refractivity contribution in [1.82, 2.24) is 4.31 Å². The number of sulfonamides is 1. The van der Waals surface area contributed by atoms with Crippen LogP contribution in [0.4, 0.5) is 0 Å². The third-order valence-electron chi connectivity index (χ3n) is 2.32. The van der Waals surface area contributed by atoms with Crippen molar-refractivity contribution in [2.24, 2.45) is 5.73 Å². The van der Waals surface area contributed by atoms with Crippen LogP contribution in [0.5, 0.6) is 0 Å². The first-order valence-electron chi connectivity index (χ1n) is 4.97. The monoisotopic (exact) mass is 308 g/mol. The van der Waals surface area contributed by atoms with E-state index in [-0.39, 0.29) is 28.1 Å². The fourth-order valence-electron chi connectivity index (χ4n) is 1.29. The van der Waals surface area contributed by atoms with Crippen LogP contribution in [0.25, 0.3) is 0 Å². The number of likely N-dealkylation sites (N-methyl/N-ethyl adjacent to an activating group) is 1. The predicted octanol–water partition coefficient (Wildman–Crippen LogP) is 0.587. The van der Waals surface area contributed by atoms with Gasteiger partial charge < -0.3 is 10.8 Å². The summed E-state index contributed by atoms with van der Waals surface area (Å²) >= 11 is 10.7. The van der Waals surface area contributed by atoms with Gasteiger partial charge in [0.25, 0.3) is 0 Å². The van der Waals surface area contributed by atoms with Crippen molar-refractivity contribution in [3.63, 3.8) is 0 Å². The molecule has 0 spiro atoms. The summed E-state index contributed by atoms with van der Waals surface area (Å²) in [5.74, 6) is 0. The van der Waals surface area contributed by atoms with Gasteiger partial charge in [-0.15, -0.1) is 0 Å². The van der Waals surface area contributed by atoms with E-state index >= 15 is 0 Å². The Balaban J connectivity index is 3.22. The van der Waals surface area contributed by atoms with Gasteiger partial charge in [-0.1, -0.05) is 29.9 Å². The van der Waals surface area contributed by atoms with Crippen LogP contribution in [0, 0.1) is 0 Å². The number of aliphatic hydroxyl groups excluding tert-OH is 1. The molecule has 0 radical (unpaired) electrons. The van der Waals surface area contributed by atoms with Gasteiger partial charge in [0.1, 0.15) is 9.88 Å². The minimum absolute atomic E-state index is 0.00425. The summed E-state index contributed by atoms with van der Waals surface area (Å²) in [6.07, 6.45) is 0. The summed E-state index contributed by atoms with van der Waals surface area (Å²) in [6.45, 7) is -0.270. The van der Waals surface area contributed by atoms with E-state index in [2.05, 4.69) is 0 Å². The van der Waals surface area contributed by atoms with Gasteiger partial charge in [-0.3, -0.25) is 0 Å². The number of rotatable bonds is 5. The molecule has 5 nitrogen and oxygen atoms in total. The van der Waals surface area contributed by atoms with E-state index in [0.29, 0.717) is 5.56 Å². The molecule has 0 heterocycles. The zero-order valence-corrected chi connectivity index (χ0v) is 12.0. The second kappa shape index (κ2) is 5.94. The van der Waals surface area contributed by atoms with Gasteiger partial charge in [0, 0.05) is 19.2 Å². The fourth-order valence-corrected chi connectivity index (χ4v) is 3.10. The Kier molecular flexibility index (Phi) is 5.06. The molecule has 1 aromatic rings. The fraction of sp³-hybridized carbons (Fsp3) is 0.300. The highest BCUT2D eigenvalue weighted by Gasteiger charge is 2.23. The van der Waals surface area contributed by atoms with E-state index in [0.717, 1.165) is 4.31 Å². The van der Waals surface area contributed by atoms with Crippen LogP contribution in [0.3, 0.4) is 0 Å². The topological polar surface area (TPSA) is 83.6 Å². The summed E-state index contributed by atoms with van der Waals surface area (Å²) in [7, 11) is -2.35. The standard InChI is InChI=1S/C10H13ClN2O3S2/c1-13(4-5-14)18(15,16)9-3-2-7(10(12)17)6-8(9)11/h2-3,6,14H,4-5H2,1H3,(H2,12,17). The van der Waals surface area contributed by atoms with Crippen molar-refractivity contribution in [2.75, 3.05) is 20.2 Å². The summed E-state index contributed by atoms with van der Waals surface area (Å²) in [6, 6.07) is 4.25. The second-order valence-electron chi connectivity index (χ2n) is 3.56. The van der Waals surface area contributed by atoms with Crippen molar-refractivity contribution in [2.45, 2.75) is 4.90 Å². The Hall–Kier alpha value is -0.730. The van der Waals surface area contributed by atoms with Gasteiger partial charge in [-0.05, 0) is 12.1 Å². The van der Waals surface area contributed by atoms with Crippen LogP contribution in [0.2, 0.25) is 5.02 Å². The predicted molar refractivity (Wildman–Crippen MR) is 74.2 cm³/mol. The average molecular weight is 309 g/mol. The lowest BCUT2D eigenvalue weighted by Gasteiger charge is -2.17. The quantitative estimate of drug-likeness (QED) is 0.778. The minimum atomic E-state index is -3.72.